The van der Waals surface area contributed by atoms with Crippen molar-refractivity contribution < 1.29 is 9.59 Å². The minimum Gasteiger partial charge on any atom is -0.367 e. The van der Waals surface area contributed by atoms with Gasteiger partial charge in [-0.05, 0) is 54.7 Å². The molecule has 2 bridgehead atoms. The van der Waals surface area contributed by atoms with Crippen molar-refractivity contribution in [3.8, 4) is 0 Å². The Bertz CT molecular complexity index is 754. The van der Waals surface area contributed by atoms with Crippen LogP contribution in [0.1, 0.15) is 12.0 Å². The van der Waals surface area contributed by atoms with Crippen LogP contribution in [0.5, 0.6) is 0 Å². The molecular weight excluding hydrogens is 324 g/mol. The standard InChI is InChI=1S/C19H19ClN2O2/c1-9-14(20)3-2-4-15(9)21-8-22-18(23)16-10-5-6-11(13-7-12(10)13)17(16)19(22)24/h2-6,10-13,16-17,21H,7-8H2,1H3/t10-,11-,12-,13+,16+,17+/m0/s1. The molecule has 0 unspecified atom stereocenters. The average Bonchev–Trinajstić information content (AvgIpc) is 3.35. The largest absolute Gasteiger partial charge is 0.367 e. The molecule has 1 heterocycles. The van der Waals surface area contributed by atoms with E-state index in [1.165, 1.54) is 11.3 Å². The van der Waals surface area contributed by atoms with Crippen molar-refractivity contribution in [2.24, 2.45) is 35.5 Å². The van der Waals surface area contributed by atoms with E-state index in [0.717, 1.165) is 11.3 Å². The number of imide groups is 1. The Hall–Kier alpha value is -1.81. The Labute approximate surface area is 145 Å². The summed E-state index contributed by atoms with van der Waals surface area (Å²) in [5.74, 6) is 1.58. The Morgan fingerprint density at radius 3 is 2.38 bits per heavy atom. The summed E-state index contributed by atoms with van der Waals surface area (Å²) < 4.78 is 0. The van der Waals surface area contributed by atoms with Gasteiger partial charge in [-0.3, -0.25) is 14.5 Å². The third-order valence-corrected chi connectivity index (χ3v) is 6.86. The number of carbonyl (C=O) groups excluding carboxylic acids is 2. The Morgan fingerprint density at radius 2 is 1.75 bits per heavy atom. The molecule has 4 aliphatic carbocycles. The molecule has 124 valence electrons. The van der Waals surface area contributed by atoms with E-state index in [4.69, 9.17) is 11.6 Å². The number of anilines is 1. The lowest BCUT2D eigenvalue weighted by atomic mass is 9.63. The Morgan fingerprint density at radius 1 is 1.12 bits per heavy atom. The van der Waals surface area contributed by atoms with Crippen LogP contribution in [0.15, 0.2) is 30.4 Å². The summed E-state index contributed by atoms with van der Waals surface area (Å²) in [6.45, 7) is 2.15. The minimum atomic E-state index is -0.126. The average molecular weight is 343 g/mol. The molecule has 2 amide bonds. The number of likely N-dealkylation sites (tertiary alicyclic amines) is 1. The molecule has 1 saturated heterocycles. The summed E-state index contributed by atoms with van der Waals surface area (Å²) >= 11 is 6.14. The summed E-state index contributed by atoms with van der Waals surface area (Å²) in [6.07, 6.45) is 5.59. The van der Waals surface area contributed by atoms with Gasteiger partial charge in [-0.1, -0.05) is 29.8 Å². The van der Waals surface area contributed by atoms with Crippen molar-refractivity contribution in [2.45, 2.75) is 13.3 Å². The maximum Gasteiger partial charge on any atom is 0.235 e. The van der Waals surface area contributed by atoms with Crippen LogP contribution < -0.4 is 5.32 Å². The number of nitrogens with zero attached hydrogens (tertiary/aromatic N) is 1. The van der Waals surface area contributed by atoms with Crippen LogP contribution in [0.25, 0.3) is 0 Å². The third-order valence-electron chi connectivity index (χ3n) is 6.45. The van der Waals surface area contributed by atoms with Crippen LogP contribution in [0.2, 0.25) is 5.02 Å². The van der Waals surface area contributed by atoms with E-state index in [0.29, 0.717) is 16.9 Å². The number of amides is 2. The Kier molecular flexibility index (Phi) is 2.94. The number of allylic oxidation sites excluding steroid dienone is 2. The van der Waals surface area contributed by atoms with E-state index in [1.54, 1.807) is 0 Å². The van der Waals surface area contributed by atoms with Gasteiger partial charge in [0.25, 0.3) is 0 Å². The first kappa shape index (κ1) is 14.5. The van der Waals surface area contributed by atoms with Crippen molar-refractivity contribution in [3.63, 3.8) is 0 Å². The van der Waals surface area contributed by atoms with Gasteiger partial charge in [0.1, 0.15) is 0 Å². The molecule has 1 aromatic rings. The lowest BCUT2D eigenvalue weighted by Crippen LogP contribution is -2.40. The quantitative estimate of drug-likeness (QED) is 0.678. The molecule has 0 aromatic heterocycles. The normalized spacial score (nSPS) is 38.3. The molecule has 4 nitrogen and oxygen atoms in total. The van der Waals surface area contributed by atoms with Gasteiger partial charge in [0.15, 0.2) is 0 Å². The molecule has 24 heavy (non-hydrogen) atoms. The summed E-state index contributed by atoms with van der Waals surface area (Å²) in [5, 5.41) is 3.89. The molecule has 6 atom stereocenters. The molecule has 1 aromatic carbocycles. The van der Waals surface area contributed by atoms with Gasteiger partial charge in [-0.15, -0.1) is 0 Å². The summed E-state index contributed by atoms with van der Waals surface area (Å²) in [4.78, 5) is 27.2. The lowest BCUT2D eigenvalue weighted by Gasteiger charge is -2.37. The molecular formula is C19H19ClN2O2. The highest BCUT2D eigenvalue weighted by Crippen LogP contribution is 2.65. The van der Waals surface area contributed by atoms with Crippen LogP contribution in [-0.4, -0.2) is 23.4 Å². The molecule has 5 heteroatoms. The maximum absolute atomic E-state index is 12.9. The van der Waals surface area contributed by atoms with E-state index in [1.807, 2.05) is 25.1 Å². The zero-order chi connectivity index (χ0) is 16.6. The smallest absolute Gasteiger partial charge is 0.235 e. The molecule has 1 N–H and O–H groups in total. The van der Waals surface area contributed by atoms with Crippen LogP contribution in [0, 0.1) is 42.4 Å². The third kappa shape index (κ3) is 1.80. The molecule has 1 aliphatic heterocycles. The second-order valence-electron chi connectivity index (χ2n) is 7.51. The van der Waals surface area contributed by atoms with Gasteiger partial charge in [0.2, 0.25) is 11.8 Å². The number of carbonyl (C=O) groups is 2. The van der Waals surface area contributed by atoms with Crippen LogP contribution in [0.4, 0.5) is 5.69 Å². The monoisotopic (exact) mass is 342 g/mol. The van der Waals surface area contributed by atoms with Gasteiger partial charge >= 0.3 is 0 Å². The van der Waals surface area contributed by atoms with Crippen LogP contribution >= 0.6 is 11.6 Å². The first-order chi connectivity index (χ1) is 11.6. The van der Waals surface area contributed by atoms with Crippen molar-refractivity contribution in [2.75, 3.05) is 12.0 Å². The molecule has 0 radical (unpaired) electrons. The van der Waals surface area contributed by atoms with Crippen molar-refractivity contribution >= 4 is 29.1 Å². The Balaban J connectivity index is 1.38. The molecule has 2 saturated carbocycles. The molecule has 5 aliphatic rings. The van der Waals surface area contributed by atoms with Gasteiger partial charge < -0.3 is 5.32 Å². The molecule has 6 rings (SSSR count). The first-order valence-corrected chi connectivity index (χ1v) is 8.98. The van der Waals surface area contributed by atoms with Gasteiger partial charge in [-0.25, -0.2) is 0 Å². The predicted octanol–water partition coefficient (Wildman–Crippen LogP) is 3.07. The topological polar surface area (TPSA) is 49.4 Å². The zero-order valence-electron chi connectivity index (χ0n) is 13.4. The van der Waals surface area contributed by atoms with E-state index >= 15 is 0 Å². The highest BCUT2D eigenvalue weighted by molar-refractivity contribution is 6.31. The lowest BCUT2D eigenvalue weighted by molar-refractivity contribution is -0.139. The number of benzene rings is 1. The van der Waals surface area contributed by atoms with E-state index in [9.17, 15) is 9.59 Å². The fraction of sp³-hybridized carbons (Fsp3) is 0.474. The predicted molar refractivity (Wildman–Crippen MR) is 91.2 cm³/mol. The number of rotatable bonds is 3. The van der Waals surface area contributed by atoms with Crippen molar-refractivity contribution in [1.29, 1.82) is 0 Å². The minimum absolute atomic E-state index is 0.00174. The summed E-state index contributed by atoms with van der Waals surface area (Å²) in [5.41, 5.74) is 1.79. The number of nitrogens with one attached hydrogen (secondary N) is 1. The summed E-state index contributed by atoms with van der Waals surface area (Å²) in [7, 11) is 0. The fourth-order valence-corrected chi connectivity index (χ4v) is 5.31. The molecule has 3 fully saturated rings. The second-order valence-corrected chi connectivity index (χ2v) is 7.91. The zero-order valence-corrected chi connectivity index (χ0v) is 14.2. The molecule has 0 spiro atoms. The van der Waals surface area contributed by atoms with Gasteiger partial charge in [-0.2, -0.15) is 0 Å². The van der Waals surface area contributed by atoms with E-state index in [-0.39, 0.29) is 42.2 Å². The van der Waals surface area contributed by atoms with Gasteiger partial charge in [0, 0.05) is 10.7 Å². The van der Waals surface area contributed by atoms with Crippen LogP contribution in [-0.2, 0) is 9.59 Å². The van der Waals surface area contributed by atoms with Crippen molar-refractivity contribution in [1.82, 2.24) is 4.90 Å². The second kappa shape index (κ2) is 4.85. The number of halogens is 1. The highest BCUT2D eigenvalue weighted by atomic mass is 35.5. The van der Waals surface area contributed by atoms with Crippen molar-refractivity contribution in [3.05, 3.63) is 40.9 Å². The maximum atomic E-state index is 12.9. The van der Waals surface area contributed by atoms with E-state index in [2.05, 4.69) is 17.5 Å². The number of hydrogen-bond acceptors (Lipinski definition) is 3. The SMILES string of the molecule is Cc1c(Cl)cccc1NCN1C(=O)[C@@H]2[C@H]3C=C[C@@H]([C@@H]4C[C@H]34)[C@H]2C1=O. The van der Waals surface area contributed by atoms with E-state index < -0.39 is 0 Å². The van der Waals surface area contributed by atoms with Gasteiger partial charge in [0.05, 0.1) is 18.5 Å². The first-order valence-electron chi connectivity index (χ1n) is 8.60. The van der Waals surface area contributed by atoms with Crippen LogP contribution in [0.3, 0.4) is 0 Å². The number of hydrogen-bond donors (Lipinski definition) is 1. The highest BCUT2D eigenvalue weighted by Gasteiger charge is 2.66. The summed E-state index contributed by atoms with van der Waals surface area (Å²) in [6, 6.07) is 5.61. The fourth-order valence-electron chi connectivity index (χ4n) is 5.14.